The summed E-state index contributed by atoms with van der Waals surface area (Å²) >= 11 is 0. The van der Waals surface area contributed by atoms with Crippen LogP contribution in [0, 0.1) is 5.92 Å². The SMILES string of the molecule is CCCC1CCN(C(=O)c2ccc(OC)cc2O)C1. The first-order valence-electron chi connectivity index (χ1n) is 6.82. The highest BCUT2D eigenvalue weighted by Crippen LogP contribution is 2.27. The molecule has 104 valence electrons. The number of amides is 1. The van der Waals surface area contributed by atoms with Crippen LogP contribution in [0.3, 0.4) is 0 Å². The van der Waals surface area contributed by atoms with E-state index in [9.17, 15) is 9.90 Å². The van der Waals surface area contributed by atoms with E-state index in [-0.39, 0.29) is 11.7 Å². The highest BCUT2D eigenvalue weighted by molar-refractivity contribution is 5.97. The lowest BCUT2D eigenvalue weighted by atomic mass is 10.0. The molecule has 1 aromatic carbocycles. The summed E-state index contributed by atoms with van der Waals surface area (Å²) in [4.78, 5) is 14.2. The number of nitrogens with zero attached hydrogens (tertiary/aromatic N) is 1. The Kier molecular flexibility index (Phi) is 4.30. The summed E-state index contributed by atoms with van der Waals surface area (Å²) in [6, 6.07) is 4.81. The standard InChI is InChI=1S/C15H21NO3/c1-3-4-11-7-8-16(10-11)15(18)13-6-5-12(19-2)9-14(13)17/h5-6,9,11,17H,3-4,7-8,10H2,1-2H3. The predicted molar refractivity (Wildman–Crippen MR) is 73.6 cm³/mol. The molecule has 0 spiro atoms. The maximum Gasteiger partial charge on any atom is 0.257 e. The Morgan fingerprint density at radius 3 is 2.95 bits per heavy atom. The van der Waals surface area contributed by atoms with Gasteiger partial charge in [0.25, 0.3) is 5.91 Å². The van der Waals surface area contributed by atoms with Crippen LogP contribution < -0.4 is 4.74 Å². The molecule has 1 saturated heterocycles. The number of aromatic hydroxyl groups is 1. The van der Waals surface area contributed by atoms with Gasteiger partial charge in [-0.3, -0.25) is 4.79 Å². The van der Waals surface area contributed by atoms with Crippen LogP contribution in [0.15, 0.2) is 18.2 Å². The summed E-state index contributed by atoms with van der Waals surface area (Å²) in [5.74, 6) is 1.07. The second-order valence-corrected chi connectivity index (χ2v) is 5.08. The van der Waals surface area contributed by atoms with E-state index >= 15 is 0 Å². The summed E-state index contributed by atoms with van der Waals surface area (Å²) in [7, 11) is 1.53. The van der Waals surface area contributed by atoms with Gasteiger partial charge in [0.05, 0.1) is 12.7 Å². The Labute approximate surface area is 114 Å². The fourth-order valence-corrected chi connectivity index (χ4v) is 2.65. The van der Waals surface area contributed by atoms with Gasteiger partial charge in [-0.25, -0.2) is 0 Å². The van der Waals surface area contributed by atoms with Crippen LogP contribution in [0.1, 0.15) is 36.5 Å². The summed E-state index contributed by atoms with van der Waals surface area (Å²) in [5, 5.41) is 9.89. The van der Waals surface area contributed by atoms with Gasteiger partial charge in [0, 0.05) is 19.2 Å². The van der Waals surface area contributed by atoms with Gasteiger partial charge in [-0.15, -0.1) is 0 Å². The number of carbonyl (C=O) groups excluding carboxylic acids is 1. The fourth-order valence-electron chi connectivity index (χ4n) is 2.65. The van der Waals surface area contributed by atoms with Crippen molar-refractivity contribution in [2.24, 2.45) is 5.92 Å². The third-order valence-electron chi connectivity index (χ3n) is 3.71. The Bertz CT molecular complexity index is 459. The van der Waals surface area contributed by atoms with Gasteiger partial charge in [0.2, 0.25) is 0 Å². The van der Waals surface area contributed by atoms with Crippen molar-refractivity contribution >= 4 is 5.91 Å². The molecule has 1 aromatic rings. The maximum atomic E-state index is 12.3. The van der Waals surface area contributed by atoms with Crippen molar-refractivity contribution in [3.63, 3.8) is 0 Å². The topological polar surface area (TPSA) is 49.8 Å². The zero-order valence-corrected chi connectivity index (χ0v) is 11.6. The lowest BCUT2D eigenvalue weighted by Gasteiger charge is -2.17. The first-order chi connectivity index (χ1) is 9.15. The smallest absolute Gasteiger partial charge is 0.257 e. The third kappa shape index (κ3) is 3.00. The normalized spacial score (nSPS) is 18.6. The Morgan fingerprint density at radius 1 is 1.53 bits per heavy atom. The average molecular weight is 263 g/mol. The predicted octanol–water partition coefficient (Wildman–Crippen LogP) is 2.66. The van der Waals surface area contributed by atoms with E-state index in [1.807, 2.05) is 4.90 Å². The Morgan fingerprint density at radius 2 is 2.32 bits per heavy atom. The van der Waals surface area contributed by atoms with Crippen LogP contribution in [0.2, 0.25) is 0 Å². The van der Waals surface area contributed by atoms with Crippen LogP contribution in [0.4, 0.5) is 0 Å². The van der Waals surface area contributed by atoms with E-state index < -0.39 is 0 Å². The molecule has 1 heterocycles. The number of phenols is 1. The van der Waals surface area contributed by atoms with Gasteiger partial charge in [-0.2, -0.15) is 0 Å². The highest BCUT2D eigenvalue weighted by Gasteiger charge is 2.27. The average Bonchev–Trinajstić information content (AvgIpc) is 2.87. The van der Waals surface area contributed by atoms with Gasteiger partial charge >= 0.3 is 0 Å². The van der Waals surface area contributed by atoms with Crippen LogP contribution in [-0.4, -0.2) is 36.1 Å². The molecular weight excluding hydrogens is 242 g/mol. The molecule has 1 N–H and O–H groups in total. The first-order valence-corrected chi connectivity index (χ1v) is 6.82. The lowest BCUT2D eigenvalue weighted by molar-refractivity contribution is 0.0783. The molecule has 1 amide bonds. The molecule has 2 rings (SSSR count). The molecule has 0 aliphatic carbocycles. The molecular formula is C15H21NO3. The zero-order chi connectivity index (χ0) is 13.8. The molecule has 1 atom stereocenters. The Hall–Kier alpha value is -1.71. The molecule has 4 nitrogen and oxygen atoms in total. The van der Waals surface area contributed by atoms with E-state index in [4.69, 9.17) is 4.74 Å². The van der Waals surface area contributed by atoms with Crippen molar-refractivity contribution in [2.75, 3.05) is 20.2 Å². The molecule has 1 fully saturated rings. The van der Waals surface area contributed by atoms with Crippen LogP contribution in [-0.2, 0) is 0 Å². The minimum atomic E-state index is -0.0845. The molecule has 1 unspecified atom stereocenters. The number of ether oxygens (including phenoxy) is 1. The second kappa shape index (κ2) is 5.95. The van der Waals surface area contributed by atoms with E-state index in [2.05, 4.69) is 6.92 Å². The van der Waals surface area contributed by atoms with Crippen molar-refractivity contribution < 1.29 is 14.6 Å². The van der Waals surface area contributed by atoms with E-state index in [1.54, 1.807) is 12.1 Å². The number of benzene rings is 1. The summed E-state index contributed by atoms with van der Waals surface area (Å²) < 4.78 is 5.02. The molecule has 19 heavy (non-hydrogen) atoms. The van der Waals surface area contributed by atoms with Crippen LogP contribution >= 0.6 is 0 Å². The molecule has 1 aliphatic rings. The van der Waals surface area contributed by atoms with Gasteiger partial charge in [-0.05, 0) is 30.9 Å². The number of methoxy groups -OCH3 is 1. The number of hydrogen-bond acceptors (Lipinski definition) is 3. The fraction of sp³-hybridized carbons (Fsp3) is 0.533. The third-order valence-corrected chi connectivity index (χ3v) is 3.71. The molecule has 1 aliphatic heterocycles. The molecule has 0 radical (unpaired) electrons. The summed E-state index contributed by atoms with van der Waals surface area (Å²) in [6.45, 7) is 3.76. The Balaban J connectivity index is 2.08. The van der Waals surface area contributed by atoms with Crippen molar-refractivity contribution in [1.82, 2.24) is 4.90 Å². The number of phenolic OH excluding ortho intramolecular Hbond substituents is 1. The van der Waals surface area contributed by atoms with Crippen LogP contribution in [0.5, 0.6) is 11.5 Å². The highest BCUT2D eigenvalue weighted by atomic mass is 16.5. The van der Waals surface area contributed by atoms with Gasteiger partial charge < -0.3 is 14.7 Å². The van der Waals surface area contributed by atoms with Crippen molar-refractivity contribution in [3.05, 3.63) is 23.8 Å². The van der Waals surface area contributed by atoms with Gasteiger partial charge in [0.1, 0.15) is 11.5 Å². The first kappa shape index (κ1) is 13.7. The van der Waals surface area contributed by atoms with Crippen molar-refractivity contribution in [3.8, 4) is 11.5 Å². The number of carbonyl (C=O) groups is 1. The minimum Gasteiger partial charge on any atom is -0.507 e. The number of likely N-dealkylation sites (tertiary alicyclic amines) is 1. The van der Waals surface area contributed by atoms with E-state index in [0.29, 0.717) is 17.2 Å². The monoisotopic (exact) mass is 263 g/mol. The van der Waals surface area contributed by atoms with E-state index in [1.165, 1.54) is 19.6 Å². The van der Waals surface area contributed by atoms with Crippen molar-refractivity contribution in [2.45, 2.75) is 26.2 Å². The summed E-state index contributed by atoms with van der Waals surface area (Å²) in [5.41, 5.74) is 0.359. The molecule has 0 aromatic heterocycles. The van der Waals surface area contributed by atoms with Crippen molar-refractivity contribution in [1.29, 1.82) is 0 Å². The zero-order valence-electron chi connectivity index (χ0n) is 11.6. The minimum absolute atomic E-state index is 0.0108. The molecule has 0 saturated carbocycles. The largest absolute Gasteiger partial charge is 0.507 e. The lowest BCUT2D eigenvalue weighted by Crippen LogP contribution is -2.28. The van der Waals surface area contributed by atoms with Gasteiger partial charge in [0.15, 0.2) is 0 Å². The molecule has 0 bridgehead atoms. The second-order valence-electron chi connectivity index (χ2n) is 5.08. The van der Waals surface area contributed by atoms with Crippen LogP contribution in [0.25, 0.3) is 0 Å². The number of hydrogen-bond donors (Lipinski definition) is 1. The molecule has 4 heteroatoms. The maximum absolute atomic E-state index is 12.3. The van der Waals surface area contributed by atoms with E-state index in [0.717, 1.165) is 25.9 Å². The summed E-state index contributed by atoms with van der Waals surface area (Å²) in [6.07, 6.45) is 3.38. The van der Waals surface area contributed by atoms with Gasteiger partial charge in [-0.1, -0.05) is 13.3 Å². The quantitative estimate of drug-likeness (QED) is 0.908. The number of rotatable bonds is 4.